The van der Waals surface area contributed by atoms with Gasteiger partial charge in [-0.1, -0.05) is 0 Å². The van der Waals surface area contributed by atoms with Gasteiger partial charge in [0.25, 0.3) is 0 Å². The van der Waals surface area contributed by atoms with Gasteiger partial charge < -0.3 is 24.8 Å². The Kier molecular flexibility index (Phi) is 11.2. The normalized spacial score (nSPS) is 20.5. The molecule has 0 saturated carbocycles. The third-order valence-corrected chi connectivity index (χ3v) is 20.3. The maximum atomic E-state index is 2.60. The van der Waals surface area contributed by atoms with Gasteiger partial charge in [0.15, 0.2) is 0 Å². The molecule has 0 amide bonds. The van der Waals surface area contributed by atoms with Crippen molar-refractivity contribution in [3.8, 4) is 0 Å². The smallest absolute Gasteiger partial charge is 1.00 e. The molecule has 4 aliphatic rings. The second-order valence-electron chi connectivity index (χ2n) is 11.5. The van der Waals surface area contributed by atoms with E-state index in [0.717, 1.165) is 25.7 Å². The minimum Gasteiger partial charge on any atom is -1.00 e. The Bertz CT molecular complexity index is 1490. The molecule has 0 radical (unpaired) electrons. The van der Waals surface area contributed by atoms with Gasteiger partial charge in [0.1, 0.15) is 0 Å². The van der Waals surface area contributed by atoms with Crippen molar-refractivity contribution in [2.45, 2.75) is 65.2 Å². The van der Waals surface area contributed by atoms with Crippen molar-refractivity contribution in [2.75, 3.05) is 0 Å². The number of allylic oxidation sites excluding steroid dienone is 16. The van der Waals surface area contributed by atoms with Crippen LogP contribution in [0.25, 0.3) is 0 Å². The summed E-state index contributed by atoms with van der Waals surface area (Å²) in [5.74, 6) is 0.850. The number of benzene rings is 2. The van der Waals surface area contributed by atoms with E-state index >= 15 is 0 Å². The predicted octanol–water partition coefficient (Wildman–Crippen LogP) is 4.37. The second-order valence-corrected chi connectivity index (χ2v) is 21.4. The van der Waals surface area contributed by atoms with Crippen LogP contribution in [0.5, 0.6) is 0 Å². The molecule has 2 aromatic rings. The van der Waals surface area contributed by atoms with E-state index in [9.17, 15) is 0 Å². The van der Waals surface area contributed by atoms with Gasteiger partial charge in [-0.05, 0) is 0 Å². The maximum Gasteiger partial charge on any atom is -1.00 e. The van der Waals surface area contributed by atoms with Crippen LogP contribution in [0.2, 0.25) is 0 Å². The van der Waals surface area contributed by atoms with Crippen LogP contribution in [0, 0.1) is 0 Å². The molecular weight excluding hydrogens is 718 g/mol. The number of hydrogen-bond donors (Lipinski definition) is 0. The first-order valence-corrected chi connectivity index (χ1v) is 20.4. The molecule has 0 aliphatic heterocycles. The van der Waals surface area contributed by atoms with E-state index in [1.54, 1.807) is 43.4 Å². The van der Waals surface area contributed by atoms with Gasteiger partial charge in [-0.2, -0.15) is 0 Å². The zero-order chi connectivity index (χ0) is 27.6. The molecule has 2 atom stereocenters. The van der Waals surface area contributed by atoms with E-state index in [0.29, 0.717) is 11.8 Å². The van der Waals surface area contributed by atoms with Crippen LogP contribution in [-0.2, 0) is 21.0 Å². The van der Waals surface area contributed by atoms with Crippen molar-refractivity contribution in [3.05, 3.63) is 160 Å². The molecule has 0 nitrogen and oxygen atoms in total. The fraction of sp³-hybridized carbons (Fsp3) is 0.256. The van der Waals surface area contributed by atoms with Crippen LogP contribution in [-0.4, -0.2) is 3.26 Å². The molecular formula is C39H40Cl2Hf. The summed E-state index contributed by atoms with van der Waals surface area (Å²) in [5.41, 5.74) is 12.3. The molecule has 0 aromatic heterocycles. The Morgan fingerprint density at radius 1 is 0.643 bits per heavy atom. The summed E-state index contributed by atoms with van der Waals surface area (Å²) in [6.45, 7) is 9.63. The average molecular weight is 758 g/mol. The van der Waals surface area contributed by atoms with Gasteiger partial charge >= 0.3 is 250 Å². The van der Waals surface area contributed by atoms with Crippen LogP contribution in [0.4, 0.5) is 0 Å². The van der Waals surface area contributed by atoms with Crippen molar-refractivity contribution in [2.24, 2.45) is 0 Å². The molecule has 0 spiro atoms. The fourth-order valence-corrected chi connectivity index (χ4v) is 19.2. The summed E-state index contributed by atoms with van der Waals surface area (Å²) < 4.78 is 5.18. The molecule has 4 aliphatic carbocycles. The van der Waals surface area contributed by atoms with Crippen molar-refractivity contribution >= 4 is 3.26 Å². The quantitative estimate of drug-likeness (QED) is 0.385. The predicted molar refractivity (Wildman–Crippen MR) is 169 cm³/mol. The third kappa shape index (κ3) is 6.03. The first-order valence-electron chi connectivity index (χ1n) is 15.0. The summed E-state index contributed by atoms with van der Waals surface area (Å²) in [7, 11) is 0. The Balaban J connectivity index is 0.00000202. The Morgan fingerprint density at radius 3 is 1.40 bits per heavy atom. The van der Waals surface area contributed by atoms with Gasteiger partial charge in [-0.15, -0.1) is 0 Å². The van der Waals surface area contributed by atoms with Crippen molar-refractivity contribution in [1.82, 2.24) is 0 Å². The van der Waals surface area contributed by atoms with Crippen LogP contribution in [0.15, 0.2) is 149 Å². The van der Waals surface area contributed by atoms with Crippen molar-refractivity contribution in [3.63, 3.8) is 0 Å². The Morgan fingerprint density at radius 2 is 1.05 bits per heavy atom. The van der Waals surface area contributed by atoms with Crippen molar-refractivity contribution < 1.29 is 45.8 Å². The van der Waals surface area contributed by atoms with E-state index in [1.165, 1.54) is 11.1 Å². The van der Waals surface area contributed by atoms with Crippen molar-refractivity contribution in [1.29, 1.82) is 0 Å². The molecule has 0 saturated heterocycles. The summed E-state index contributed by atoms with van der Waals surface area (Å²) >= 11 is -2.70. The Hall–Kier alpha value is -2.32. The van der Waals surface area contributed by atoms with Crippen LogP contribution in [0.1, 0.15) is 76.3 Å². The van der Waals surface area contributed by atoms with E-state index in [2.05, 4.69) is 137 Å². The Labute approximate surface area is 272 Å². The summed E-state index contributed by atoms with van der Waals surface area (Å²) in [5, 5.41) is 0. The second kappa shape index (κ2) is 14.4. The molecule has 0 heterocycles. The standard InChI is InChI=1S/2C18H17.C3H6.2ClH.Hf/c2*1-2-14-12-16-10-6-7-11-17(18(16)13-14)15-8-4-3-5-9-15;1-3-2;;;/h2*3-10,13,17H,2,11H2,1H3;1-2H3;2*1H;/q;;;;;+2/p-2. The van der Waals surface area contributed by atoms with Gasteiger partial charge in [0.2, 0.25) is 0 Å². The molecule has 2 aromatic carbocycles. The molecule has 2 unspecified atom stereocenters. The van der Waals surface area contributed by atoms with E-state index in [1.807, 2.05) is 0 Å². The molecule has 42 heavy (non-hydrogen) atoms. The summed E-state index contributed by atoms with van der Waals surface area (Å²) in [4.78, 5) is 0. The molecule has 3 heteroatoms. The number of fused-ring (bicyclic) bond motifs is 2. The monoisotopic (exact) mass is 758 g/mol. The minimum atomic E-state index is -2.70. The maximum absolute atomic E-state index is 2.70. The first kappa shape index (κ1) is 32.6. The SMILES string of the molecule is CCC1=[C]([Hf+2]([C]2=C(CC)C=C3C2=CC=CCC3c2ccccc2)=[C](C)C)C2=CC=CCC(c3ccccc3)C2=C1.[Cl-].[Cl-]. The van der Waals surface area contributed by atoms with Crippen LogP contribution >= 0.6 is 0 Å². The zero-order valence-corrected chi connectivity index (χ0v) is 30.2. The van der Waals surface area contributed by atoms with E-state index in [4.69, 9.17) is 0 Å². The van der Waals surface area contributed by atoms with Gasteiger partial charge in [0, 0.05) is 0 Å². The molecule has 6 rings (SSSR count). The summed E-state index contributed by atoms with van der Waals surface area (Å²) in [6.07, 6.45) is 23.9. The van der Waals surface area contributed by atoms with Gasteiger partial charge in [0.05, 0.1) is 0 Å². The van der Waals surface area contributed by atoms with Crippen LogP contribution < -0.4 is 24.8 Å². The topological polar surface area (TPSA) is 0 Å². The number of hydrogen-bond acceptors (Lipinski definition) is 0. The number of halogens is 2. The zero-order valence-electron chi connectivity index (χ0n) is 25.1. The molecule has 0 fully saturated rings. The van der Waals surface area contributed by atoms with Gasteiger partial charge in [-0.3, -0.25) is 0 Å². The summed E-state index contributed by atoms with van der Waals surface area (Å²) in [6, 6.07) is 22.4. The third-order valence-electron chi connectivity index (χ3n) is 8.92. The molecule has 0 N–H and O–H groups in total. The van der Waals surface area contributed by atoms with Gasteiger partial charge in [-0.25, -0.2) is 0 Å². The largest absolute Gasteiger partial charge is 1.00 e. The van der Waals surface area contributed by atoms with E-state index < -0.39 is 21.0 Å². The molecule has 214 valence electrons. The molecule has 0 bridgehead atoms. The van der Waals surface area contributed by atoms with E-state index in [-0.39, 0.29) is 24.8 Å². The van der Waals surface area contributed by atoms with Crippen LogP contribution in [0.3, 0.4) is 0 Å². The number of rotatable bonds is 6. The first-order chi connectivity index (χ1) is 19.6. The average Bonchev–Trinajstić information content (AvgIpc) is 3.33. The fourth-order valence-electron chi connectivity index (χ4n) is 7.03. The minimum absolute atomic E-state index is 0.